The fourth-order valence-corrected chi connectivity index (χ4v) is 2.82. The lowest BCUT2D eigenvalue weighted by Crippen LogP contribution is -2.13. The Morgan fingerprint density at radius 2 is 2.28 bits per heavy atom. The maximum absolute atomic E-state index is 10.9. The van der Waals surface area contributed by atoms with Gasteiger partial charge in [0.2, 0.25) is 0 Å². The fraction of sp³-hybridized carbons (Fsp3) is 0.500. The van der Waals surface area contributed by atoms with Gasteiger partial charge < -0.3 is 10.0 Å². The quantitative estimate of drug-likeness (QED) is 0.915. The number of carbonyl (C=O) groups is 1. The third-order valence-corrected chi connectivity index (χ3v) is 4.05. The van der Waals surface area contributed by atoms with Crippen molar-refractivity contribution in [3.63, 3.8) is 0 Å². The predicted octanol–water partition coefficient (Wildman–Crippen LogP) is 2.95. The van der Waals surface area contributed by atoms with Gasteiger partial charge in [0.15, 0.2) is 0 Å². The van der Waals surface area contributed by atoms with E-state index in [-0.39, 0.29) is 0 Å². The standard InChI is InChI=1S/C14H18ClNO2/c1-9(14(17)18)10-3-4-12(13(15)7-10)11-5-6-16(2)8-11/h3-4,7,9,11H,5-6,8H2,1-2H3,(H,17,18). The van der Waals surface area contributed by atoms with Gasteiger partial charge in [-0.1, -0.05) is 23.7 Å². The van der Waals surface area contributed by atoms with E-state index < -0.39 is 11.9 Å². The van der Waals surface area contributed by atoms with E-state index in [4.69, 9.17) is 16.7 Å². The Kier molecular flexibility index (Phi) is 3.93. The van der Waals surface area contributed by atoms with Crippen molar-refractivity contribution in [1.29, 1.82) is 0 Å². The number of carboxylic acid groups (broad SMARTS) is 1. The minimum Gasteiger partial charge on any atom is -0.481 e. The zero-order valence-corrected chi connectivity index (χ0v) is 11.4. The Bertz CT molecular complexity index is 461. The molecule has 0 bridgehead atoms. The van der Waals surface area contributed by atoms with E-state index in [1.807, 2.05) is 12.1 Å². The van der Waals surface area contributed by atoms with Crippen LogP contribution in [0.5, 0.6) is 0 Å². The molecule has 0 saturated carbocycles. The molecule has 2 atom stereocenters. The van der Waals surface area contributed by atoms with Gasteiger partial charge in [-0.15, -0.1) is 0 Å². The van der Waals surface area contributed by atoms with Crippen molar-refractivity contribution in [3.8, 4) is 0 Å². The average Bonchev–Trinajstić information content (AvgIpc) is 2.74. The number of halogens is 1. The van der Waals surface area contributed by atoms with Crippen LogP contribution in [0.1, 0.15) is 36.3 Å². The molecule has 2 rings (SSSR count). The maximum Gasteiger partial charge on any atom is 0.310 e. The summed E-state index contributed by atoms with van der Waals surface area (Å²) in [5, 5.41) is 9.69. The summed E-state index contributed by atoms with van der Waals surface area (Å²) in [6, 6.07) is 5.67. The van der Waals surface area contributed by atoms with Crippen molar-refractivity contribution < 1.29 is 9.90 Å². The Hall–Kier alpha value is -1.06. The van der Waals surface area contributed by atoms with Gasteiger partial charge in [-0.2, -0.15) is 0 Å². The lowest BCUT2D eigenvalue weighted by molar-refractivity contribution is -0.138. The van der Waals surface area contributed by atoms with Crippen LogP contribution in [-0.2, 0) is 4.79 Å². The monoisotopic (exact) mass is 267 g/mol. The van der Waals surface area contributed by atoms with Gasteiger partial charge in [0.25, 0.3) is 0 Å². The van der Waals surface area contributed by atoms with E-state index in [2.05, 4.69) is 11.9 Å². The third kappa shape index (κ3) is 2.68. The topological polar surface area (TPSA) is 40.5 Å². The summed E-state index contributed by atoms with van der Waals surface area (Å²) in [6.07, 6.45) is 1.12. The molecule has 0 spiro atoms. The van der Waals surface area contributed by atoms with Crippen LogP contribution in [0.2, 0.25) is 5.02 Å². The van der Waals surface area contributed by atoms with Crippen LogP contribution in [0.3, 0.4) is 0 Å². The molecular weight excluding hydrogens is 250 g/mol. The fourth-order valence-electron chi connectivity index (χ4n) is 2.48. The van der Waals surface area contributed by atoms with Crippen LogP contribution in [0.15, 0.2) is 18.2 Å². The van der Waals surface area contributed by atoms with Gasteiger partial charge in [0.1, 0.15) is 0 Å². The van der Waals surface area contributed by atoms with Crippen LogP contribution >= 0.6 is 11.6 Å². The van der Waals surface area contributed by atoms with Crippen molar-refractivity contribution in [3.05, 3.63) is 34.3 Å². The molecule has 0 aliphatic carbocycles. The Morgan fingerprint density at radius 3 is 2.78 bits per heavy atom. The number of benzene rings is 1. The number of carboxylic acids is 1. The van der Waals surface area contributed by atoms with E-state index >= 15 is 0 Å². The summed E-state index contributed by atoms with van der Waals surface area (Å²) in [4.78, 5) is 13.2. The van der Waals surface area contributed by atoms with Crippen molar-refractivity contribution >= 4 is 17.6 Å². The first kappa shape index (κ1) is 13.4. The molecule has 4 heteroatoms. The second-order valence-electron chi connectivity index (χ2n) is 5.09. The highest BCUT2D eigenvalue weighted by Crippen LogP contribution is 2.33. The number of rotatable bonds is 3. The molecule has 1 aliphatic rings. The molecule has 1 fully saturated rings. The van der Waals surface area contributed by atoms with Crippen LogP contribution in [0.4, 0.5) is 0 Å². The SMILES string of the molecule is CC(C(=O)O)c1ccc(C2CCN(C)C2)c(Cl)c1. The molecule has 1 saturated heterocycles. The smallest absolute Gasteiger partial charge is 0.310 e. The summed E-state index contributed by atoms with van der Waals surface area (Å²) >= 11 is 6.29. The van der Waals surface area contributed by atoms with Crippen molar-refractivity contribution in [2.24, 2.45) is 0 Å². The number of hydrogen-bond acceptors (Lipinski definition) is 2. The molecule has 0 amide bonds. The molecule has 98 valence electrons. The maximum atomic E-state index is 10.9. The van der Waals surface area contributed by atoms with Crippen molar-refractivity contribution in [2.45, 2.75) is 25.2 Å². The first-order valence-corrected chi connectivity index (χ1v) is 6.57. The van der Waals surface area contributed by atoms with Crippen LogP contribution in [-0.4, -0.2) is 36.1 Å². The van der Waals surface area contributed by atoms with Crippen LogP contribution < -0.4 is 0 Å². The van der Waals surface area contributed by atoms with Gasteiger partial charge in [-0.3, -0.25) is 4.79 Å². The molecule has 1 N–H and O–H groups in total. The zero-order chi connectivity index (χ0) is 13.3. The Balaban J connectivity index is 2.22. The molecule has 1 heterocycles. The minimum atomic E-state index is -0.820. The summed E-state index contributed by atoms with van der Waals surface area (Å²) in [5.74, 6) is -0.862. The molecule has 1 aliphatic heterocycles. The molecule has 0 aromatic heterocycles. The second-order valence-corrected chi connectivity index (χ2v) is 5.50. The highest BCUT2D eigenvalue weighted by atomic mass is 35.5. The Morgan fingerprint density at radius 1 is 1.56 bits per heavy atom. The second kappa shape index (κ2) is 5.29. The number of likely N-dealkylation sites (tertiary alicyclic amines) is 1. The van der Waals surface area contributed by atoms with Gasteiger partial charge in [-0.05, 0) is 50.0 Å². The number of nitrogens with zero attached hydrogens (tertiary/aromatic N) is 1. The third-order valence-electron chi connectivity index (χ3n) is 3.73. The minimum absolute atomic E-state index is 0.469. The van der Waals surface area contributed by atoms with E-state index in [0.29, 0.717) is 10.9 Å². The molecular formula is C14H18ClNO2. The summed E-state index contributed by atoms with van der Waals surface area (Å²) in [7, 11) is 2.11. The molecule has 18 heavy (non-hydrogen) atoms. The lowest BCUT2D eigenvalue weighted by atomic mass is 9.94. The normalized spacial score (nSPS) is 22.1. The van der Waals surface area contributed by atoms with E-state index in [9.17, 15) is 4.79 Å². The average molecular weight is 268 g/mol. The Labute approximate surface area is 112 Å². The zero-order valence-electron chi connectivity index (χ0n) is 10.7. The highest BCUT2D eigenvalue weighted by molar-refractivity contribution is 6.31. The van der Waals surface area contributed by atoms with Crippen LogP contribution in [0.25, 0.3) is 0 Å². The molecule has 0 radical (unpaired) electrons. The van der Waals surface area contributed by atoms with Gasteiger partial charge in [-0.25, -0.2) is 0 Å². The number of likely N-dealkylation sites (N-methyl/N-ethyl adjacent to an activating group) is 1. The van der Waals surface area contributed by atoms with Gasteiger partial charge in [0, 0.05) is 11.6 Å². The summed E-state index contributed by atoms with van der Waals surface area (Å²) < 4.78 is 0. The largest absolute Gasteiger partial charge is 0.481 e. The van der Waals surface area contributed by atoms with E-state index in [1.54, 1.807) is 13.0 Å². The van der Waals surface area contributed by atoms with E-state index in [1.165, 1.54) is 0 Å². The predicted molar refractivity (Wildman–Crippen MR) is 72.4 cm³/mol. The van der Waals surface area contributed by atoms with Crippen LogP contribution in [0, 0.1) is 0 Å². The molecule has 3 nitrogen and oxygen atoms in total. The molecule has 2 unspecified atom stereocenters. The van der Waals surface area contributed by atoms with Crippen molar-refractivity contribution in [2.75, 3.05) is 20.1 Å². The molecule has 1 aromatic rings. The number of hydrogen-bond donors (Lipinski definition) is 1. The highest BCUT2D eigenvalue weighted by Gasteiger charge is 2.24. The van der Waals surface area contributed by atoms with Gasteiger partial charge in [0.05, 0.1) is 5.92 Å². The van der Waals surface area contributed by atoms with E-state index in [0.717, 1.165) is 30.6 Å². The van der Waals surface area contributed by atoms with Crippen molar-refractivity contribution in [1.82, 2.24) is 4.90 Å². The summed E-state index contributed by atoms with van der Waals surface area (Å²) in [6.45, 7) is 3.79. The number of aliphatic carboxylic acids is 1. The first-order chi connectivity index (χ1) is 8.49. The lowest BCUT2D eigenvalue weighted by Gasteiger charge is -2.15. The summed E-state index contributed by atoms with van der Waals surface area (Å²) in [5.41, 5.74) is 1.91. The first-order valence-electron chi connectivity index (χ1n) is 6.19. The van der Waals surface area contributed by atoms with Gasteiger partial charge >= 0.3 is 5.97 Å². The molecule has 1 aromatic carbocycles.